The highest BCUT2D eigenvalue weighted by atomic mass is 127. The van der Waals surface area contributed by atoms with Crippen molar-refractivity contribution in [3.63, 3.8) is 0 Å². The van der Waals surface area contributed by atoms with Gasteiger partial charge in [0.05, 0.1) is 16.7 Å². The molecule has 5 rings (SSSR count). The second kappa shape index (κ2) is 11.4. The summed E-state index contributed by atoms with van der Waals surface area (Å²) >= 11 is 8.64. The van der Waals surface area contributed by atoms with Crippen LogP contribution in [0.4, 0.5) is 0 Å². The van der Waals surface area contributed by atoms with Gasteiger partial charge in [0.25, 0.3) is 0 Å². The van der Waals surface area contributed by atoms with Crippen LogP contribution in [0, 0.1) is 11.3 Å². The number of carbonyl (C=O) groups is 2. The number of sulfonamides is 1. The highest BCUT2D eigenvalue weighted by molar-refractivity contribution is 14.1. The summed E-state index contributed by atoms with van der Waals surface area (Å²) in [6, 6.07) is 15.6. The van der Waals surface area contributed by atoms with Crippen LogP contribution < -0.4 is 0 Å². The molecule has 210 valence electrons. The quantitative estimate of drug-likeness (QED) is 0.163. The first-order valence-electron chi connectivity index (χ1n) is 13.7. The van der Waals surface area contributed by atoms with Gasteiger partial charge in [-0.05, 0) is 66.8 Å². The third-order valence-corrected chi connectivity index (χ3v) is 12.2. The number of likely N-dealkylation sites (tertiary alicyclic amines) is 1. The van der Waals surface area contributed by atoms with Crippen molar-refractivity contribution in [1.29, 1.82) is 0 Å². The van der Waals surface area contributed by atoms with Crippen molar-refractivity contribution in [2.75, 3.05) is 13.6 Å². The lowest BCUT2D eigenvalue weighted by molar-refractivity contribution is -0.157. The molecular formula is C30H36ClIN2O4S. The number of hydrogen-bond donors (Lipinski definition) is 0. The van der Waals surface area contributed by atoms with Gasteiger partial charge in [0.15, 0.2) is 0 Å². The van der Waals surface area contributed by atoms with E-state index in [1.807, 2.05) is 36.1 Å². The van der Waals surface area contributed by atoms with Crippen molar-refractivity contribution in [3.05, 3.63) is 70.2 Å². The maximum absolute atomic E-state index is 14.5. The minimum Gasteiger partial charge on any atom is -0.330 e. The zero-order chi connectivity index (χ0) is 27.9. The van der Waals surface area contributed by atoms with E-state index in [0.717, 1.165) is 34.7 Å². The maximum Gasteiger partial charge on any atom is 0.229 e. The monoisotopic (exact) mass is 682 g/mol. The van der Waals surface area contributed by atoms with E-state index in [-0.39, 0.29) is 48.0 Å². The number of rotatable bonds is 11. The number of carbonyl (C=O) groups excluding carboxylic acids is 2. The lowest BCUT2D eigenvalue weighted by Gasteiger charge is -2.52. The zero-order valence-corrected chi connectivity index (χ0v) is 26.2. The largest absolute Gasteiger partial charge is 0.330 e. The SMILES string of the molecule is CN(CC(C1CC1)N1C(=O)[C@@](C)(CC=O)CC(c2cccc(CI)c2)C1c1ccc(Cl)cc1)S(=O)(=O)C1CC1. The summed E-state index contributed by atoms with van der Waals surface area (Å²) in [6.07, 6.45) is 4.83. The summed E-state index contributed by atoms with van der Waals surface area (Å²) in [5.41, 5.74) is 2.44. The van der Waals surface area contributed by atoms with Crippen LogP contribution in [0.25, 0.3) is 0 Å². The van der Waals surface area contributed by atoms with E-state index in [1.165, 1.54) is 9.87 Å². The van der Waals surface area contributed by atoms with E-state index in [2.05, 4.69) is 46.9 Å². The third-order valence-electron chi connectivity index (χ3n) is 8.73. The average Bonchev–Trinajstić information content (AvgIpc) is 3.83. The Bertz CT molecular complexity index is 1330. The third kappa shape index (κ3) is 5.95. The molecule has 1 saturated heterocycles. The molecule has 2 aromatic carbocycles. The van der Waals surface area contributed by atoms with E-state index in [1.54, 1.807) is 7.05 Å². The van der Waals surface area contributed by atoms with Crippen molar-refractivity contribution >= 4 is 56.4 Å². The summed E-state index contributed by atoms with van der Waals surface area (Å²) < 4.78 is 28.7. The molecule has 0 aromatic heterocycles. The standard InChI is InChI=1S/C30H36ClIN2O4S/c1-30(14-15-35)17-26(23-5-3-4-20(16-23)18-32)28(22-8-10-24(31)11-9-22)34(29(30)36)27(21-6-7-21)19-33(2)39(37,38)25-12-13-25/h3-5,8-11,15-16,21,25-28H,6-7,12-14,17-19H2,1-2H3/t26?,27?,28?,30-/m0/s1. The zero-order valence-electron chi connectivity index (χ0n) is 22.4. The van der Waals surface area contributed by atoms with Gasteiger partial charge in [-0.2, -0.15) is 0 Å². The molecule has 2 aliphatic carbocycles. The molecule has 0 N–H and O–H groups in total. The Kier molecular flexibility index (Phi) is 8.49. The second-order valence-corrected chi connectivity index (χ2v) is 15.3. The van der Waals surface area contributed by atoms with E-state index < -0.39 is 15.4 Å². The van der Waals surface area contributed by atoms with Crippen LogP contribution >= 0.6 is 34.2 Å². The number of halogens is 2. The first-order chi connectivity index (χ1) is 18.6. The Morgan fingerprint density at radius 3 is 2.41 bits per heavy atom. The molecule has 0 radical (unpaired) electrons. The molecule has 3 aliphatic rings. The Hall–Kier alpha value is -1.49. The number of amides is 1. The summed E-state index contributed by atoms with van der Waals surface area (Å²) in [5, 5.41) is 0.311. The molecule has 4 atom stereocenters. The van der Waals surface area contributed by atoms with Gasteiger partial charge < -0.3 is 9.69 Å². The first-order valence-corrected chi connectivity index (χ1v) is 17.1. The van der Waals surface area contributed by atoms with Crippen molar-refractivity contribution in [2.24, 2.45) is 11.3 Å². The van der Waals surface area contributed by atoms with E-state index in [4.69, 9.17) is 11.6 Å². The number of nitrogens with zero attached hydrogens (tertiary/aromatic N) is 2. The molecule has 2 saturated carbocycles. The fraction of sp³-hybridized carbons (Fsp3) is 0.533. The molecule has 0 spiro atoms. The van der Waals surface area contributed by atoms with Crippen LogP contribution in [0.1, 0.15) is 74.1 Å². The van der Waals surface area contributed by atoms with Gasteiger partial charge in [0.2, 0.25) is 15.9 Å². The maximum atomic E-state index is 14.5. The number of benzene rings is 2. The minimum atomic E-state index is -3.40. The number of aldehydes is 1. The molecule has 3 unspecified atom stereocenters. The van der Waals surface area contributed by atoms with Gasteiger partial charge in [0.1, 0.15) is 6.29 Å². The lowest BCUT2D eigenvalue weighted by atomic mass is 9.67. The van der Waals surface area contributed by atoms with E-state index in [0.29, 0.717) is 24.3 Å². The van der Waals surface area contributed by atoms with Crippen molar-refractivity contribution in [2.45, 2.75) is 73.1 Å². The molecule has 1 amide bonds. The smallest absolute Gasteiger partial charge is 0.229 e. The van der Waals surface area contributed by atoms with Crippen LogP contribution in [-0.2, 0) is 24.0 Å². The Morgan fingerprint density at radius 1 is 1.13 bits per heavy atom. The van der Waals surface area contributed by atoms with Crippen molar-refractivity contribution < 1.29 is 18.0 Å². The van der Waals surface area contributed by atoms with Crippen LogP contribution in [0.3, 0.4) is 0 Å². The molecular weight excluding hydrogens is 647 g/mol. The van der Waals surface area contributed by atoms with Gasteiger partial charge in [-0.1, -0.05) is 77.5 Å². The molecule has 2 aromatic rings. The summed E-state index contributed by atoms with van der Waals surface area (Å²) in [6.45, 7) is 2.16. The fourth-order valence-electron chi connectivity index (χ4n) is 6.22. The molecule has 0 bridgehead atoms. The number of piperidine rings is 1. The minimum absolute atomic E-state index is 0.0648. The highest BCUT2D eigenvalue weighted by Gasteiger charge is 2.54. The molecule has 9 heteroatoms. The lowest BCUT2D eigenvalue weighted by Crippen LogP contribution is -2.59. The normalized spacial score (nSPS) is 26.6. The van der Waals surface area contributed by atoms with E-state index >= 15 is 0 Å². The molecule has 3 fully saturated rings. The Labute approximate surface area is 250 Å². The van der Waals surface area contributed by atoms with Crippen molar-refractivity contribution in [1.82, 2.24) is 9.21 Å². The van der Waals surface area contributed by atoms with Gasteiger partial charge in [-0.15, -0.1) is 0 Å². The van der Waals surface area contributed by atoms with Crippen LogP contribution in [0.5, 0.6) is 0 Å². The van der Waals surface area contributed by atoms with E-state index in [9.17, 15) is 18.0 Å². The van der Waals surface area contributed by atoms with Gasteiger partial charge in [-0.25, -0.2) is 12.7 Å². The van der Waals surface area contributed by atoms with Crippen LogP contribution in [0.2, 0.25) is 5.02 Å². The summed E-state index contributed by atoms with van der Waals surface area (Å²) in [4.78, 5) is 28.4. The Morgan fingerprint density at radius 2 is 1.82 bits per heavy atom. The summed E-state index contributed by atoms with van der Waals surface area (Å²) in [5.74, 6) is 0.0915. The highest BCUT2D eigenvalue weighted by Crippen LogP contribution is 2.54. The molecule has 1 aliphatic heterocycles. The predicted octanol–water partition coefficient (Wildman–Crippen LogP) is 6.13. The fourth-order valence-corrected chi connectivity index (χ4v) is 8.42. The number of likely N-dealkylation sites (N-methyl/N-ethyl adjacent to an activating group) is 1. The predicted molar refractivity (Wildman–Crippen MR) is 162 cm³/mol. The average molecular weight is 683 g/mol. The number of alkyl halides is 1. The van der Waals surface area contributed by atoms with Crippen molar-refractivity contribution in [3.8, 4) is 0 Å². The van der Waals surface area contributed by atoms with Gasteiger partial charge in [-0.3, -0.25) is 4.79 Å². The summed E-state index contributed by atoms with van der Waals surface area (Å²) in [7, 11) is -1.75. The Balaban J connectivity index is 1.64. The van der Waals surface area contributed by atoms with Crippen LogP contribution in [-0.4, -0.2) is 54.7 Å². The van der Waals surface area contributed by atoms with Gasteiger partial charge >= 0.3 is 0 Å². The van der Waals surface area contributed by atoms with Gasteiger partial charge in [0, 0.05) is 41.4 Å². The second-order valence-electron chi connectivity index (χ2n) is 11.8. The van der Waals surface area contributed by atoms with Crippen LogP contribution in [0.15, 0.2) is 48.5 Å². The molecule has 1 heterocycles. The number of hydrogen-bond acceptors (Lipinski definition) is 4. The molecule has 6 nitrogen and oxygen atoms in total. The topological polar surface area (TPSA) is 74.8 Å². The molecule has 39 heavy (non-hydrogen) atoms. The first kappa shape index (κ1) is 29.0.